The Balaban J connectivity index is 1.87. The highest BCUT2D eigenvalue weighted by atomic mass is 19.1. The molecule has 7 heteroatoms. The summed E-state index contributed by atoms with van der Waals surface area (Å²) in [5.74, 6) is -1.54. The largest absolute Gasteiger partial charge is 0.328 e. The first-order chi connectivity index (χ1) is 13.7. The fourth-order valence-corrected chi connectivity index (χ4v) is 3.03. The van der Waals surface area contributed by atoms with E-state index >= 15 is 0 Å². The second-order valence-corrected chi connectivity index (χ2v) is 7.96. The van der Waals surface area contributed by atoms with Gasteiger partial charge in [-0.25, -0.2) is 13.5 Å². The van der Waals surface area contributed by atoms with Gasteiger partial charge < -0.3 is 4.90 Å². The summed E-state index contributed by atoms with van der Waals surface area (Å²) in [5, 5.41) is 8.09. The summed E-state index contributed by atoms with van der Waals surface area (Å²) in [7, 11) is 0. The zero-order chi connectivity index (χ0) is 21.2. The molecule has 0 aliphatic heterocycles. The van der Waals surface area contributed by atoms with Gasteiger partial charge in [-0.2, -0.15) is 0 Å². The van der Waals surface area contributed by atoms with E-state index in [0.29, 0.717) is 12.2 Å². The SMILES string of the molecule is Cc1c(C(=O)N(Cc2ccccc2)C(C)(C)C)nnn1Cc1ccc(F)cc1F. The van der Waals surface area contributed by atoms with Gasteiger partial charge in [0.15, 0.2) is 5.69 Å². The van der Waals surface area contributed by atoms with Crippen molar-refractivity contribution >= 4 is 5.91 Å². The second-order valence-electron chi connectivity index (χ2n) is 7.96. The van der Waals surface area contributed by atoms with E-state index in [9.17, 15) is 13.6 Å². The summed E-state index contributed by atoms with van der Waals surface area (Å²) in [6.07, 6.45) is 0. The Morgan fingerprint density at radius 3 is 2.41 bits per heavy atom. The van der Waals surface area contributed by atoms with Crippen molar-refractivity contribution in [2.75, 3.05) is 0 Å². The van der Waals surface area contributed by atoms with Crippen molar-refractivity contribution in [1.82, 2.24) is 19.9 Å². The molecule has 0 bridgehead atoms. The molecule has 5 nitrogen and oxygen atoms in total. The Hall–Kier alpha value is -3.09. The molecule has 29 heavy (non-hydrogen) atoms. The second kappa shape index (κ2) is 8.11. The topological polar surface area (TPSA) is 51.0 Å². The number of carbonyl (C=O) groups is 1. The van der Waals surface area contributed by atoms with Crippen molar-refractivity contribution < 1.29 is 13.6 Å². The van der Waals surface area contributed by atoms with Crippen molar-refractivity contribution in [3.8, 4) is 0 Å². The number of hydrogen-bond acceptors (Lipinski definition) is 3. The van der Waals surface area contributed by atoms with E-state index in [2.05, 4.69) is 10.3 Å². The molecule has 0 saturated heterocycles. The molecular formula is C22H24F2N4O. The number of halogens is 2. The first-order valence-electron chi connectivity index (χ1n) is 9.36. The van der Waals surface area contributed by atoms with Gasteiger partial charge in [0.2, 0.25) is 0 Å². The van der Waals surface area contributed by atoms with Crippen molar-refractivity contribution in [2.45, 2.75) is 46.3 Å². The van der Waals surface area contributed by atoms with E-state index in [1.165, 1.54) is 16.8 Å². The van der Waals surface area contributed by atoms with Gasteiger partial charge in [-0.1, -0.05) is 41.6 Å². The van der Waals surface area contributed by atoms with E-state index in [4.69, 9.17) is 0 Å². The Morgan fingerprint density at radius 2 is 1.79 bits per heavy atom. The van der Waals surface area contributed by atoms with Crippen LogP contribution in [0.3, 0.4) is 0 Å². The first kappa shape index (κ1) is 20.6. The van der Waals surface area contributed by atoms with Gasteiger partial charge in [0.05, 0.1) is 12.2 Å². The lowest BCUT2D eigenvalue weighted by Crippen LogP contribution is -2.45. The fourth-order valence-electron chi connectivity index (χ4n) is 3.03. The third-order valence-electron chi connectivity index (χ3n) is 4.76. The molecule has 0 N–H and O–H groups in total. The highest BCUT2D eigenvalue weighted by molar-refractivity contribution is 5.93. The Kier molecular flexibility index (Phi) is 5.77. The van der Waals surface area contributed by atoms with Gasteiger partial charge >= 0.3 is 0 Å². The van der Waals surface area contributed by atoms with Crippen LogP contribution in [0, 0.1) is 18.6 Å². The Bertz CT molecular complexity index is 1010. The van der Waals surface area contributed by atoms with E-state index in [0.717, 1.165) is 11.6 Å². The minimum Gasteiger partial charge on any atom is -0.328 e. The number of hydrogen-bond donors (Lipinski definition) is 0. The van der Waals surface area contributed by atoms with Gasteiger partial charge in [0.1, 0.15) is 11.6 Å². The lowest BCUT2D eigenvalue weighted by molar-refractivity contribution is 0.0552. The summed E-state index contributed by atoms with van der Waals surface area (Å²) in [6, 6.07) is 13.1. The maximum Gasteiger partial charge on any atom is 0.277 e. The van der Waals surface area contributed by atoms with Crippen LogP contribution in [0.15, 0.2) is 48.5 Å². The van der Waals surface area contributed by atoms with Crippen LogP contribution in [0.25, 0.3) is 0 Å². The van der Waals surface area contributed by atoms with Crippen LogP contribution < -0.4 is 0 Å². The number of amides is 1. The molecular weight excluding hydrogens is 374 g/mol. The lowest BCUT2D eigenvalue weighted by atomic mass is 10.0. The first-order valence-corrected chi connectivity index (χ1v) is 9.36. The number of aromatic nitrogens is 3. The summed E-state index contributed by atoms with van der Waals surface area (Å²) in [4.78, 5) is 15.0. The molecule has 0 saturated carbocycles. The average molecular weight is 398 g/mol. The fraction of sp³-hybridized carbons (Fsp3) is 0.318. The lowest BCUT2D eigenvalue weighted by Gasteiger charge is -2.35. The average Bonchev–Trinajstić information content (AvgIpc) is 3.02. The van der Waals surface area contributed by atoms with Gasteiger partial charge in [0, 0.05) is 23.7 Å². The molecule has 0 spiro atoms. The highest BCUT2D eigenvalue weighted by Gasteiger charge is 2.31. The van der Waals surface area contributed by atoms with Crippen LogP contribution in [-0.4, -0.2) is 31.3 Å². The monoisotopic (exact) mass is 398 g/mol. The third kappa shape index (κ3) is 4.67. The van der Waals surface area contributed by atoms with Crippen molar-refractivity contribution in [3.05, 3.63) is 82.7 Å². The number of rotatable bonds is 5. The molecule has 152 valence electrons. The van der Waals surface area contributed by atoms with Gasteiger partial charge in [-0.15, -0.1) is 5.10 Å². The molecule has 0 aliphatic carbocycles. The molecule has 0 atom stereocenters. The summed E-state index contributed by atoms with van der Waals surface area (Å²) in [6.45, 7) is 8.09. The summed E-state index contributed by atoms with van der Waals surface area (Å²) >= 11 is 0. The molecule has 1 amide bonds. The van der Waals surface area contributed by atoms with Crippen molar-refractivity contribution in [1.29, 1.82) is 0 Å². The molecule has 0 fully saturated rings. The van der Waals surface area contributed by atoms with E-state index in [1.54, 1.807) is 11.8 Å². The maximum absolute atomic E-state index is 14.0. The van der Waals surface area contributed by atoms with E-state index in [1.807, 2.05) is 51.1 Å². The molecule has 0 aliphatic rings. The predicted octanol–water partition coefficient (Wildman–Crippen LogP) is 4.35. The molecule has 3 aromatic rings. The molecule has 0 radical (unpaired) electrons. The zero-order valence-electron chi connectivity index (χ0n) is 17.0. The Morgan fingerprint density at radius 1 is 1.10 bits per heavy atom. The number of nitrogens with zero attached hydrogens (tertiary/aromatic N) is 4. The zero-order valence-corrected chi connectivity index (χ0v) is 17.0. The van der Waals surface area contributed by atoms with E-state index in [-0.39, 0.29) is 23.7 Å². The van der Waals surface area contributed by atoms with Crippen LogP contribution in [-0.2, 0) is 13.1 Å². The highest BCUT2D eigenvalue weighted by Crippen LogP contribution is 2.22. The Labute approximate surface area is 169 Å². The summed E-state index contributed by atoms with van der Waals surface area (Å²) < 4.78 is 28.6. The van der Waals surface area contributed by atoms with Crippen LogP contribution in [0.1, 0.15) is 48.1 Å². The van der Waals surface area contributed by atoms with Gasteiger partial charge in [-0.3, -0.25) is 4.79 Å². The number of carbonyl (C=O) groups excluding carboxylic acids is 1. The van der Waals surface area contributed by atoms with Crippen LogP contribution in [0.5, 0.6) is 0 Å². The molecule has 1 aromatic heterocycles. The van der Waals surface area contributed by atoms with Gasteiger partial charge in [-0.05, 0) is 39.3 Å². The van der Waals surface area contributed by atoms with Crippen molar-refractivity contribution in [2.24, 2.45) is 0 Å². The molecule has 3 rings (SSSR count). The standard InChI is InChI=1S/C22H24F2N4O/c1-15-20(25-26-28(15)14-17-10-11-18(23)12-19(17)24)21(29)27(22(2,3)4)13-16-8-6-5-7-9-16/h5-12H,13-14H2,1-4H3. The maximum atomic E-state index is 14.0. The van der Waals surface area contributed by atoms with Gasteiger partial charge in [0.25, 0.3) is 5.91 Å². The normalized spacial score (nSPS) is 11.5. The van der Waals surface area contributed by atoms with Crippen LogP contribution in [0.4, 0.5) is 8.78 Å². The quantitative estimate of drug-likeness (QED) is 0.642. The predicted molar refractivity (Wildman–Crippen MR) is 106 cm³/mol. The number of benzene rings is 2. The van der Waals surface area contributed by atoms with Crippen molar-refractivity contribution in [3.63, 3.8) is 0 Å². The molecule has 2 aromatic carbocycles. The molecule has 0 unspecified atom stereocenters. The molecule has 1 heterocycles. The minimum absolute atomic E-state index is 0.0619. The minimum atomic E-state index is -0.659. The van der Waals surface area contributed by atoms with Crippen LogP contribution >= 0.6 is 0 Å². The third-order valence-corrected chi connectivity index (χ3v) is 4.76. The summed E-state index contributed by atoms with van der Waals surface area (Å²) in [5.41, 5.74) is 1.59. The van der Waals surface area contributed by atoms with Crippen LogP contribution in [0.2, 0.25) is 0 Å². The smallest absolute Gasteiger partial charge is 0.277 e. The van der Waals surface area contributed by atoms with E-state index < -0.39 is 17.2 Å².